The Morgan fingerprint density at radius 2 is 2.00 bits per heavy atom. The van der Waals surface area contributed by atoms with Gasteiger partial charge in [0, 0.05) is 32.7 Å². The van der Waals surface area contributed by atoms with Crippen molar-refractivity contribution in [3.05, 3.63) is 30.1 Å². The molecule has 8 heteroatoms. The Morgan fingerprint density at radius 3 is 2.61 bits per heavy atom. The van der Waals surface area contributed by atoms with Gasteiger partial charge in [0.15, 0.2) is 5.96 Å². The molecule has 0 aliphatic carbocycles. The number of likely N-dealkylation sites (tertiary alicyclic amines) is 1. The fraction of sp³-hybridized carbons (Fsp3) is 0.600. The molecule has 1 aliphatic heterocycles. The number of amides is 1. The maximum Gasteiger partial charge on any atom is 0.233 e. The van der Waals surface area contributed by atoms with Gasteiger partial charge in [-0.1, -0.05) is 0 Å². The van der Waals surface area contributed by atoms with Crippen molar-refractivity contribution in [2.75, 3.05) is 39.8 Å². The van der Waals surface area contributed by atoms with Crippen molar-refractivity contribution in [2.24, 2.45) is 4.99 Å². The van der Waals surface area contributed by atoms with E-state index >= 15 is 0 Å². The van der Waals surface area contributed by atoms with Crippen LogP contribution in [0.4, 0.5) is 4.39 Å². The van der Waals surface area contributed by atoms with Crippen molar-refractivity contribution in [1.29, 1.82) is 0 Å². The fourth-order valence-electron chi connectivity index (χ4n) is 3.03. The van der Waals surface area contributed by atoms with Crippen LogP contribution in [-0.4, -0.2) is 68.7 Å². The maximum absolute atomic E-state index is 13.0. The second kappa shape index (κ2) is 11.5. The third-order valence-corrected chi connectivity index (χ3v) is 4.58. The zero-order valence-electron chi connectivity index (χ0n) is 17.0. The molecule has 1 amide bonds. The molecule has 3 N–H and O–H groups in total. The topological polar surface area (TPSA) is 78.0 Å². The number of carbonyl (C=O) groups is 1. The molecule has 0 bridgehead atoms. The minimum atomic E-state index is -0.280. The van der Waals surface area contributed by atoms with Crippen molar-refractivity contribution in [3.8, 4) is 5.75 Å². The van der Waals surface area contributed by atoms with Gasteiger partial charge in [-0.3, -0.25) is 9.69 Å². The maximum atomic E-state index is 13.0. The lowest BCUT2D eigenvalue weighted by molar-refractivity contribution is -0.122. The number of carbonyl (C=O) groups excluding carboxylic acids is 1. The Balaban J connectivity index is 1.80. The largest absolute Gasteiger partial charge is 0.489 e. The molecule has 1 unspecified atom stereocenters. The molecule has 0 saturated carbocycles. The second-order valence-electron chi connectivity index (χ2n) is 6.97. The summed E-state index contributed by atoms with van der Waals surface area (Å²) in [4.78, 5) is 18.3. The Bertz CT molecular complexity index is 630. The minimum Gasteiger partial charge on any atom is -0.489 e. The number of ether oxygens (including phenoxy) is 1. The number of nitrogens with one attached hydrogen (secondary N) is 3. The first-order valence-corrected chi connectivity index (χ1v) is 9.90. The number of rotatable bonds is 8. The van der Waals surface area contributed by atoms with E-state index in [9.17, 15) is 9.18 Å². The second-order valence-corrected chi connectivity index (χ2v) is 6.97. The monoisotopic (exact) mass is 393 g/mol. The van der Waals surface area contributed by atoms with Gasteiger partial charge in [0.25, 0.3) is 0 Å². The number of nitrogens with zero attached hydrogens (tertiary/aromatic N) is 2. The molecule has 1 aromatic rings. The summed E-state index contributed by atoms with van der Waals surface area (Å²) < 4.78 is 18.7. The number of aliphatic imine (C=N–C) groups is 1. The summed E-state index contributed by atoms with van der Waals surface area (Å²) >= 11 is 0. The van der Waals surface area contributed by atoms with Crippen molar-refractivity contribution in [3.63, 3.8) is 0 Å². The van der Waals surface area contributed by atoms with Crippen LogP contribution in [0.1, 0.15) is 26.7 Å². The van der Waals surface area contributed by atoms with Gasteiger partial charge in [0.1, 0.15) is 17.7 Å². The molecule has 7 nitrogen and oxygen atoms in total. The molecular weight excluding hydrogens is 361 g/mol. The van der Waals surface area contributed by atoms with Crippen LogP contribution in [0, 0.1) is 5.82 Å². The number of hydrogen-bond acceptors (Lipinski definition) is 4. The van der Waals surface area contributed by atoms with Gasteiger partial charge in [0.2, 0.25) is 5.91 Å². The van der Waals surface area contributed by atoms with E-state index in [1.165, 1.54) is 12.1 Å². The molecule has 1 heterocycles. The van der Waals surface area contributed by atoms with Crippen molar-refractivity contribution in [2.45, 2.75) is 38.8 Å². The number of benzene rings is 1. The number of hydrogen-bond donors (Lipinski definition) is 3. The number of piperidine rings is 1. The van der Waals surface area contributed by atoms with E-state index in [2.05, 4.69) is 25.8 Å². The SMILES string of the molecule is CCNC(=NCC(C)Oc1ccc(F)cc1)NC1CCN(CC(=O)NC)CC1. The van der Waals surface area contributed by atoms with E-state index in [0.717, 1.165) is 38.4 Å². The molecule has 1 atom stereocenters. The molecule has 1 aromatic carbocycles. The molecule has 0 aromatic heterocycles. The molecular formula is C20H32FN5O2. The summed E-state index contributed by atoms with van der Waals surface area (Å²) in [5.41, 5.74) is 0. The zero-order valence-corrected chi connectivity index (χ0v) is 17.0. The van der Waals surface area contributed by atoms with Gasteiger partial charge in [-0.25, -0.2) is 9.38 Å². The zero-order chi connectivity index (χ0) is 20.4. The summed E-state index contributed by atoms with van der Waals surface area (Å²) in [6.45, 7) is 7.45. The molecule has 1 aliphatic rings. The predicted octanol–water partition coefficient (Wildman–Crippen LogP) is 1.36. The van der Waals surface area contributed by atoms with Gasteiger partial charge in [0.05, 0.1) is 13.1 Å². The van der Waals surface area contributed by atoms with E-state index < -0.39 is 0 Å². The van der Waals surface area contributed by atoms with Crippen molar-refractivity contribution >= 4 is 11.9 Å². The quantitative estimate of drug-likeness (QED) is 0.459. The first kappa shape index (κ1) is 21.9. The van der Waals surface area contributed by atoms with Gasteiger partial charge in [-0.15, -0.1) is 0 Å². The number of likely N-dealkylation sites (N-methyl/N-ethyl adjacent to an activating group) is 1. The lowest BCUT2D eigenvalue weighted by Gasteiger charge is -2.32. The number of guanidine groups is 1. The van der Waals surface area contributed by atoms with Gasteiger partial charge in [-0.05, 0) is 51.0 Å². The van der Waals surface area contributed by atoms with Crippen LogP contribution >= 0.6 is 0 Å². The summed E-state index contributed by atoms with van der Waals surface area (Å²) in [6.07, 6.45) is 1.79. The van der Waals surface area contributed by atoms with Crippen LogP contribution in [0.3, 0.4) is 0 Å². The lowest BCUT2D eigenvalue weighted by Crippen LogP contribution is -2.50. The summed E-state index contributed by atoms with van der Waals surface area (Å²) in [5.74, 6) is 1.17. The molecule has 0 spiro atoms. The summed E-state index contributed by atoms with van der Waals surface area (Å²) in [7, 11) is 1.66. The van der Waals surface area contributed by atoms with Gasteiger partial charge >= 0.3 is 0 Å². The first-order chi connectivity index (χ1) is 13.5. The average Bonchev–Trinajstić information content (AvgIpc) is 2.69. The molecule has 0 radical (unpaired) electrons. The minimum absolute atomic E-state index is 0.0523. The van der Waals surface area contributed by atoms with Crippen molar-refractivity contribution in [1.82, 2.24) is 20.9 Å². The van der Waals surface area contributed by atoms with E-state index in [1.54, 1.807) is 19.2 Å². The molecule has 1 saturated heterocycles. The Hall–Kier alpha value is -2.35. The Morgan fingerprint density at radius 1 is 1.32 bits per heavy atom. The van der Waals surface area contributed by atoms with Crippen LogP contribution in [0.5, 0.6) is 5.75 Å². The van der Waals surface area contributed by atoms with E-state index in [-0.39, 0.29) is 17.8 Å². The predicted molar refractivity (Wildman–Crippen MR) is 109 cm³/mol. The van der Waals surface area contributed by atoms with Gasteiger partial charge in [-0.2, -0.15) is 0 Å². The summed E-state index contributed by atoms with van der Waals surface area (Å²) in [6, 6.07) is 6.32. The highest BCUT2D eigenvalue weighted by Crippen LogP contribution is 2.13. The fourth-order valence-corrected chi connectivity index (χ4v) is 3.03. The third-order valence-electron chi connectivity index (χ3n) is 4.58. The van der Waals surface area contributed by atoms with Crippen LogP contribution in [0.25, 0.3) is 0 Å². The normalized spacial score (nSPS) is 17.1. The molecule has 28 heavy (non-hydrogen) atoms. The Labute approximate surface area is 166 Å². The highest BCUT2D eigenvalue weighted by molar-refractivity contribution is 5.80. The lowest BCUT2D eigenvalue weighted by atomic mass is 10.1. The van der Waals surface area contributed by atoms with Crippen LogP contribution < -0.4 is 20.7 Å². The average molecular weight is 394 g/mol. The van der Waals surface area contributed by atoms with E-state index in [0.29, 0.717) is 24.9 Å². The van der Waals surface area contributed by atoms with Gasteiger partial charge < -0.3 is 20.7 Å². The third kappa shape index (κ3) is 7.72. The van der Waals surface area contributed by atoms with Crippen LogP contribution in [0.2, 0.25) is 0 Å². The highest BCUT2D eigenvalue weighted by atomic mass is 19.1. The molecule has 2 rings (SSSR count). The van der Waals surface area contributed by atoms with Crippen molar-refractivity contribution < 1.29 is 13.9 Å². The van der Waals surface area contributed by atoms with E-state index in [1.807, 2.05) is 13.8 Å². The van der Waals surface area contributed by atoms with Crippen LogP contribution in [0.15, 0.2) is 29.3 Å². The first-order valence-electron chi connectivity index (χ1n) is 9.90. The highest BCUT2D eigenvalue weighted by Gasteiger charge is 2.21. The standard InChI is InChI=1S/C20H32FN5O2/c1-4-23-20(24-13-15(2)28-18-7-5-16(21)6-8-18)25-17-9-11-26(12-10-17)14-19(27)22-3/h5-8,15,17H,4,9-14H2,1-3H3,(H,22,27)(H2,23,24,25). The number of halogens is 1. The smallest absolute Gasteiger partial charge is 0.233 e. The van der Waals surface area contributed by atoms with Crippen LogP contribution in [-0.2, 0) is 4.79 Å². The molecule has 1 fully saturated rings. The Kier molecular flexibility index (Phi) is 9.00. The summed E-state index contributed by atoms with van der Waals surface area (Å²) in [5, 5.41) is 9.41. The molecule has 156 valence electrons. The van der Waals surface area contributed by atoms with E-state index in [4.69, 9.17) is 4.74 Å².